The van der Waals surface area contributed by atoms with Crippen molar-refractivity contribution in [3.05, 3.63) is 93.5 Å². The predicted molar refractivity (Wildman–Crippen MR) is 105 cm³/mol. The Kier molecular flexibility index (Phi) is 4.46. The summed E-state index contributed by atoms with van der Waals surface area (Å²) in [5, 5.41) is 12.3. The monoisotopic (exact) mass is 352 g/mol. The van der Waals surface area contributed by atoms with Gasteiger partial charge in [0.1, 0.15) is 5.60 Å². The van der Waals surface area contributed by atoms with E-state index in [-0.39, 0.29) is 0 Å². The Hall–Kier alpha value is -2.49. The van der Waals surface area contributed by atoms with E-state index in [0.29, 0.717) is 27.5 Å². The number of nitrogens with two attached hydrogens (primary N) is 2. The Bertz CT molecular complexity index is 925. The Balaban J connectivity index is 2.34. The second kappa shape index (κ2) is 6.43. The van der Waals surface area contributed by atoms with Gasteiger partial charge in [-0.05, 0) is 48.2 Å². The van der Waals surface area contributed by atoms with Crippen molar-refractivity contribution in [1.82, 2.24) is 0 Å². The Morgan fingerprint density at radius 2 is 1.48 bits per heavy atom. The molecule has 3 rings (SSSR count). The zero-order valence-electron chi connectivity index (χ0n) is 14.3. The van der Waals surface area contributed by atoms with E-state index < -0.39 is 5.60 Å². The van der Waals surface area contributed by atoms with E-state index in [1.807, 2.05) is 56.3 Å². The molecule has 3 aromatic carbocycles. The number of anilines is 2. The maximum Gasteiger partial charge on any atom is 0.142 e. The molecule has 0 saturated carbocycles. The molecular formula is C21H21ClN2O. The van der Waals surface area contributed by atoms with Gasteiger partial charge in [-0.3, -0.25) is 0 Å². The van der Waals surface area contributed by atoms with Crippen molar-refractivity contribution in [1.29, 1.82) is 0 Å². The van der Waals surface area contributed by atoms with Crippen LogP contribution in [0.5, 0.6) is 0 Å². The van der Waals surface area contributed by atoms with Crippen LogP contribution >= 0.6 is 11.6 Å². The molecule has 3 aromatic rings. The second-order valence-electron chi connectivity index (χ2n) is 6.29. The van der Waals surface area contributed by atoms with Crippen LogP contribution in [0.4, 0.5) is 11.4 Å². The summed E-state index contributed by atoms with van der Waals surface area (Å²) in [5.74, 6) is 0. The number of aryl methyl sites for hydroxylation is 1. The number of hydrogen-bond acceptors (Lipinski definition) is 3. The van der Waals surface area contributed by atoms with Crippen molar-refractivity contribution in [3.63, 3.8) is 0 Å². The maximum absolute atomic E-state index is 11.9. The highest BCUT2D eigenvalue weighted by atomic mass is 35.5. The molecule has 0 bridgehead atoms. The minimum Gasteiger partial charge on any atom is -0.399 e. The number of rotatable bonds is 3. The van der Waals surface area contributed by atoms with Gasteiger partial charge in [0.05, 0.1) is 5.02 Å². The SMILES string of the molecule is Cc1cc(C(O)(c2ccccc2)c2ccc(N)c(C)c2Cl)ccc1N. The molecule has 0 saturated heterocycles. The minimum atomic E-state index is -1.41. The van der Waals surface area contributed by atoms with E-state index in [1.165, 1.54) is 0 Å². The third-order valence-electron chi connectivity index (χ3n) is 4.70. The van der Waals surface area contributed by atoms with Crippen LogP contribution in [0.1, 0.15) is 27.8 Å². The first-order chi connectivity index (χ1) is 11.9. The van der Waals surface area contributed by atoms with Crippen LogP contribution in [0.2, 0.25) is 5.02 Å². The lowest BCUT2D eigenvalue weighted by Gasteiger charge is -2.32. The normalized spacial score (nSPS) is 13.4. The van der Waals surface area contributed by atoms with E-state index >= 15 is 0 Å². The topological polar surface area (TPSA) is 72.3 Å². The van der Waals surface area contributed by atoms with Crippen molar-refractivity contribution in [3.8, 4) is 0 Å². The summed E-state index contributed by atoms with van der Waals surface area (Å²) in [6, 6.07) is 18.5. The largest absolute Gasteiger partial charge is 0.399 e. The molecule has 0 aromatic heterocycles. The van der Waals surface area contributed by atoms with Gasteiger partial charge in [0.15, 0.2) is 0 Å². The predicted octanol–water partition coefficient (Wildman–Crippen LogP) is 4.41. The van der Waals surface area contributed by atoms with Crippen molar-refractivity contribution < 1.29 is 5.11 Å². The van der Waals surface area contributed by atoms with Crippen LogP contribution < -0.4 is 11.5 Å². The van der Waals surface area contributed by atoms with E-state index in [4.69, 9.17) is 23.1 Å². The Morgan fingerprint density at radius 1 is 0.840 bits per heavy atom. The van der Waals surface area contributed by atoms with Gasteiger partial charge in [0.2, 0.25) is 0 Å². The molecule has 1 atom stereocenters. The van der Waals surface area contributed by atoms with Gasteiger partial charge in [-0.15, -0.1) is 0 Å². The summed E-state index contributed by atoms with van der Waals surface area (Å²) >= 11 is 6.59. The molecule has 0 heterocycles. The fraction of sp³-hybridized carbons (Fsp3) is 0.143. The molecule has 0 aliphatic carbocycles. The van der Waals surface area contributed by atoms with Crippen LogP contribution in [-0.2, 0) is 5.60 Å². The molecule has 4 heteroatoms. The van der Waals surface area contributed by atoms with Gasteiger partial charge in [0, 0.05) is 16.9 Å². The lowest BCUT2D eigenvalue weighted by molar-refractivity contribution is 0.126. The quantitative estimate of drug-likeness (QED) is 0.483. The van der Waals surface area contributed by atoms with E-state index in [9.17, 15) is 5.11 Å². The Morgan fingerprint density at radius 3 is 2.12 bits per heavy atom. The average molecular weight is 353 g/mol. The lowest BCUT2D eigenvalue weighted by atomic mass is 9.79. The van der Waals surface area contributed by atoms with E-state index in [0.717, 1.165) is 16.7 Å². The molecule has 5 N–H and O–H groups in total. The van der Waals surface area contributed by atoms with Crippen LogP contribution in [-0.4, -0.2) is 5.11 Å². The van der Waals surface area contributed by atoms with Gasteiger partial charge in [0.25, 0.3) is 0 Å². The van der Waals surface area contributed by atoms with Crippen LogP contribution in [0.15, 0.2) is 60.7 Å². The van der Waals surface area contributed by atoms with E-state index in [2.05, 4.69) is 0 Å². The molecule has 0 fully saturated rings. The summed E-state index contributed by atoms with van der Waals surface area (Å²) < 4.78 is 0. The highest BCUT2D eigenvalue weighted by molar-refractivity contribution is 6.32. The molecule has 25 heavy (non-hydrogen) atoms. The summed E-state index contributed by atoms with van der Waals surface area (Å²) in [4.78, 5) is 0. The van der Waals surface area contributed by atoms with Gasteiger partial charge in [-0.25, -0.2) is 0 Å². The number of nitrogen functional groups attached to an aromatic ring is 2. The molecular weight excluding hydrogens is 332 g/mol. The summed E-state index contributed by atoms with van der Waals surface area (Å²) in [7, 11) is 0. The standard InChI is InChI=1S/C21H21ClN2O/c1-13-12-16(8-10-18(13)23)21(25,15-6-4-3-5-7-15)17-9-11-19(24)14(2)20(17)22/h3-12,25H,23-24H2,1-2H3. The third kappa shape index (κ3) is 2.86. The van der Waals surface area contributed by atoms with Gasteiger partial charge >= 0.3 is 0 Å². The van der Waals surface area contributed by atoms with Crippen molar-refractivity contribution in [2.24, 2.45) is 0 Å². The fourth-order valence-electron chi connectivity index (χ4n) is 3.04. The molecule has 0 radical (unpaired) electrons. The first-order valence-corrected chi connectivity index (χ1v) is 8.43. The average Bonchev–Trinajstić information content (AvgIpc) is 2.62. The van der Waals surface area contributed by atoms with Crippen LogP contribution in [0.25, 0.3) is 0 Å². The molecule has 0 spiro atoms. The molecule has 0 aliphatic rings. The summed E-state index contributed by atoms with van der Waals surface area (Å²) in [6.45, 7) is 3.76. The number of benzene rings is 3. The first-order valence-electron chi connectivity index (χ1n) is 8.05. The lowest BCUT2D eigenvalue weighted by Crippen LogP contribution is -2.29. The van der Waals surface area contributed by atoms with Gasteiger partial charge in [-0.2, -0.15) is 0 Å². The Labute approximate surface area is 152 Å². The van der Waals surface area contributed by atoms with Crippen LogP contribution in [0.3, 0.4) is 0 Å². The van der Waals surface area contributed by atoms with Crippen molar-refractivity contribution in [2.75, 3.05) is 11.5 Å². The molecule has 1 unspecified atom stereocenters. The number of hydrogen-bond donors (Lipinski definition) is 3. The van der Waals surface area contributed by atoms with E-state index in [1.54, 1.807) is 18.2 Å². The van der Waals surface area contributed by atoms with Crippen molar-refractivity contribution >= 4 is 23.0 Å². The van der Waals surface area contributed by atoms with Gasteiger partial charge < -0.3 is 16.6 Å². The minimum absolute atomic E-state index is 0.459. The fourth-order valence-corrected chi connectivity index (χ4v) is 3.35. The van der Waals surface area contributed by atoms with Crippen LogP contribution in [0, 0.1) is 13.8 Å². The number of halogens is 1. The highest BCUT2D eigenvalue weighted by Crippen LogP contribution is 2.42. The first kappa shape index (κ1) is 17.3. The smallest absolute Gasteiger partial charge is 0.142 e. The second-order valence-corrected chi connectivity index (χ2v) is 6.67. The molecule has 0 amide bonds. The zero-order chi connectivity index (χ0) is 18.2. The van der Waals surface area contributed by atoms with Gasteiger partial charge in [-0.1, -0.05) is 60.1 Å². The zero-order valence-corrected chi connectivity index (χ0v) is 15.0. The maximum atomic E-state index is 11.9. The molecule has 128 valence electrons. The highest BCUT2D eigenvalue weighted by Gasteiger charge is 2.36. The molecule has 3 nitrogen and oxygen atoms in total. The summed E-state index contributed by atoms with van der Waals surface area (Å²) in [5.41, 5.74) is 15.5. The third-order valence-corrected chi connectivity index (χ3v) is 5.18. The summed E-state index contributed by atoms with van der Waals surface area (Å²) in [6.07, 6.45) is 0. The van der Waals surface area contributed by atoms with Crippen molar-refractivity contribution in [2.45, 2.75) is 19.4 Å². The molecule has 0 aliphatic heterocycles. The number of aliphatic hydroxyl groups is 1.